The van der Waals surface area contributed by atoms with E-state index in [-0.39, 0.29) is 17.0 Å². The topological polar surface area (TPSA) is 112 Å². The molecule has 16 heteroatoms. The van der Waals surface area contributed by atoms with E-state index >= 15 is 0 Å². The maximum Gasteiger partial charge on any atom is 0.490 e. The summed E-state index contributed by atoms with van der Waals surface area (Å²) in [5.41, 5.74) is 0. The normalized spacial score (nSPS) is 10.8. The van der Waals surface area contributed by atoms with E-state index in [0.717, 1.165) is 0 Å². The number of halogens is 10. The highest BCUT2D eigenvalue weighted by Gasteiger charge is 2.39. The van der Waals surface area contributed by atoms with Crippen LogP contribution in [0.1, 0.15) is 0 Å². The number of hydrogen-bond acceptors (Lipinski definition) is 3. The summed E-state index contributed by atoms with van der Waals surface area (Å²) in [6.07, 6.45) is -15.3. The van der Waals surface area contributed by atoms with Gasteiger partial charge >= 0.3 is 36.4 Å². The quantitative estimate of drug-likeness (QED) is 0.517. The first-order chi connectivity index (χ1) is 8.83. The molecule has 0 aliphatic carbocycles. The Balaban J connectivity index is -0.000000108. The summed E-state index contributed by atoms with van der Waals surface area (Å²) in [6.45, 7) is 0. The zero-order valence-corrected chi connectivity index (χ0v) is 11.1. The number of rotatable bonds is 0. The molecular weight excluding hydrogens is 419 g/mol. The lowest BCUT2D eigenvalue weighted by atomic mass is 10.7. The number of carboxylic acids is 3. The van der Waals surface area contributed by atoms with Crippen LogP contribution in [0.3, 0.4) is 0 Å². The third kappa shape index (κ3) is 20.6. The van der Waals surface area contributed by atoms with Gasteiger partial charge in [0.25, 0.3) is 0 Å². The number of alkyl halides is 9. The molecule has 0 radical (unpaired) electrons. The number of aliphatic carboxylic acids is 3. The van der Waals surface area contributed by atoms with Crippen molar-refractivity contribution in [3.8, 4) is 0 Å². The van der Waals surface area contributed by atoms with E-state index in [0.29, 0.717) is 0 Å². The van der Waals surface area contributed by atoms with E-state index in [9.17, 15) is 39.5 Å². The molecule has 0 saturated heterocycles. The van der Waals surface area contributed by atoms with Crippen molar-refractivity contribution in [2.75, 3.05) is 0 Å². The second kappa shape index (κ2) is 10.1. The van der Waals surface area contributed by atoms with Crippen molar-refractivity contribution in [1.82, 2.24) is 0 Å². The maximum atomic E-state index is 10.6. The molecule has 0 aromatic heterocycles. The highest BCUT2D eigenvalue weighted by atomic mass is 79.9. The van der Waals surface area contributed by atoms with Gasteiger partial charge in [-0.05, 0) is 0 Å². The smallest absolute Gasteiger partial charge is 0.475 e. The molecule has 0 unspecified atom stereocenters. The Morgan fingerprint density at radius 1 is 0.500 bits per heavy atom. The lowest BCUT2D eigenvalue weighted by Gasteiger charge is -1.93. The zero-order chi connectivity index (χ0) is 18.2. The van der Waals surface area contributed by atoms with Gasteiger partial charge in [-0.1, -0.05) is 0 Å². The second-order valence-electron chi connectivity index (χ2n) is 2.41. The lowest BCUT2D eigenvalue weighted by Crippen LogP contribution is -2.21. The average molecular weight is 423 g/mol. The maximum absolute atomic E-state index is 10.6. The minimum absolute atomic E-state index is 0. The number of carboxylic acid groups (broad SMARTS) is 3. The molecule has 0 aliphatic rings. The minimum Gasteiger partial charge on any atom is -0.475 e. The standard InChI is InChI=1S/3C2HF3O2.BrH/c3*3-2(4,5)1(6)7;/h3*(H,6,7);1H. The summed E-state index contributed by atoms with van der Waals surface area (Å²) in [6, 6.07) is 0. The molecule has 0 bridgehead atoms. The molecule has 6 nitrogen and oxygen atoms in total. The summed E-state index contributed by atoms with van der Waals surface area (Å²) in [5, 5.41) is 21.4. The monoisotopic (exact) mass is 422 g/mol. The van der Waals surface area contributed by atoms with Gasteiger partial charge < -0.3 is 15.3 Å². The van der Waals surface area contributed by atoms with Crippen LogP contribution in [0.15, 0.2) is 0 Å². The molecule has 0 heterocycles. The van der Waals surface area contributed by atoms with Crippen LogP contribution in [0, 0.1) is 0 Å². The Morgan fingerprint density at radius 3 is 0.545 bits per heavy atom. The molecule has 0 amide bonds. The van der Waals surface area contributed by atoms with Gasteiger partial charge in [0.05, 0.1) is 0 Å². The first-order valence-electron chi connectivity index (χ1n) is 3.73. The fourth-order valence-corrected chi connectivity index (χ4v) is 0. The van der Waals surface area contributed by atoms with Crippen LogP contribution >= 0.6 is 17.0 Å². The van der Waals surface area contributed by atoms with Gasteiger partial charge in [0.1, 0.15) is 0 Å². The average Bonchev–Trinajstić information content (AvgIpc) is 2.14. The van der Waals surface area contributed by atoms with Crippen LogP contribution in [0.4, 0.5) is 39.5 Å². The van der Waals surface area contributed by atoms with Gasteiger partial charge in [-0.3, -0.25) is 0 Å². The van der Waals surface area contributed by atoms with Crippen molar-refractivity contribution >= 4 is 34.9 Å². The van der Waals surface area contributed by atoms with Crippen LogP contribution in [0.2, 0.25) is 0 Å². The van der Waals surface area contributed by atoms with E-state index < -0.39 is 36.4 Å². The molecule has 0 fully saturated rings. The molecular formula is C6H4BrF9O6. The number of carbonyl (C=O) groups is 3. The van der Waals surface area contributed by atoms with Gasteiger partial charge in [-0.15, -0.1) is 17.0 Å². The van der Waals surface area contributed by atoms with Crippen LogP contribution in [0.25, 0.3) is 0 Å². The molecule has 134 valence electrons. The van der Waals surface area contributed by atoms with Crippen molar-refractivity contribution in [3.63, 3.8) is 0 Å². The first-order valence-corrected chi connectivity index (χ1v) is 3.73. The molecule has 0 spiro atoms. The minimum atomic E-state index is -5.08. The fourth-order valence-electron chi connectivity index (χ4n) is 0. The third-order valence-corrected chi connectivity index (χ3v) is 0.728. The van der Waals surface area contributed by atoms with Crippen LogP contribution < -0.4 is 0 Å². The summed E-state index contributed by atoms with van der Waals surface area (Å²) >= 11 is 0. The van der Waals surface area contributed by atoms with Crippen molar-refractivity contribution in [2.24, 2.45) is 0 Å². The van der Waals surface area contributed by atoms with Crippen molar-refractivity contribution in [2.45, 2.75) is 18.5 Å². The first kappa shape index (κ1) is 28.4. The van der Waals surface area contributed by atoms with Gasteiger partial charge in [0.15, 0.2) is 0 Å². The van der Waals surface area contributed by atoms with Crippen molar-refractivity contribution in [3.05, 3.63) is 0 Å². The summed E-state index contributed by atoms with van der Waals surface area (Å²) in [4.78, 5) is 26.7. The van der Waals surface area contributed by atoms with E-state index in [1.54, 1.807) is 0 Å². The van der Waals surface area contributed by atoms with Crippen molar-refractivity contribution < 1.29 is 69.2 Å². The van der Waals surface area contributed by atoms with E-state index in [2.05, 4.69) is 0 Å². The predicted molar refractivity (Wildman–Crippen MR) is 51.4 cm³/mol. The van der Waals surface area contributed by atoms with Crippen LogP contribution in [-0.2, 0) is 14.4 Å². The highest BCUT2D eigenvalue weighted by molar-refractivity contribution is 8.93. The Morgan fingerprint density at radius 2 is 0.545 bits per heavy atom. The van der Waals surface area contributed by atoms with Gasteiger partial charge in [-0.2, -0.15) is 39.5 Å². The van der Waals surface area contributed by atoms with Crippen LogP contribution in [0.5, 0.6) is 0 Å². The lowest BCUT2D eigenvalue weighted by molar-refractivity contribution is -0.193. The molecule has 3 N–H and O–H groups in total. The van der Waals surface area contributed by atoms with E-state index in [1.165, 1.54) is 0 Å². The Kier molecular flexibility index (Phi) is 13.0. The predicted octanol–water partition coefficient (Wildman–Crippen LogP) is 2.48. The highest BCUT2D eigenvalue weighted by Crippen LogP contribution is 2.14. The summed E-state index contributed by atoms with van der Waals surface area (Å²) in [7, 11) is 0. The van der Waals surface area contributed by atoms with Gasteiger partial charge in [0, 0.05) is 0 Å². The summed E-state index contributed by atoms with van der Waals surface area (Å²) in [5.74, 6) is -8.27. The summed E-state index contributed by atoms with van der Waals surface area (Å²) < 4.78 is 95.2. The van der Waals surface area contributed by atoms with Crippen molar-refractivity contribution in [1.29, 1.82) is 0 Å². The Bertz CT molecular complexity index is 313. The molecule has 0 rings (SSSR count). The largest absolute Gasteiger partial charge is 0.490 e. The SMILES string of the molecule is Br.O=C(O)C(F)(F)F.O=C(O)C(F)(F)F.O=C(O)C(F)(F)F. The van der Waals surface area contributed by atoms with E-state index in [1.807, 2.05) is 0 Å². The Hall–Kier alpha value is -1.74. The number of hydrogen-bond donors (Lipinski definition) is 3. The van der Waals surface area contributed by atoms with E-state index in [4.69, 9.17) is 29.7 Å². The molecule has 0 aromatic carbocycles. The molecule has 0 aliphatic heterocycles. The van der Waals surface area contributed by atoms with Gasteiger partial charge in [-0.25, -0.2) is 14.4 Å². The Labute approximate surface area is 123 Å². The van der Waals surface area contributed by atoms with Gasteiger partial charge in [0.2, 0.25) is 0 Å². The second-order valence-corrected chi connectivity index (χ2v) is 2.41. The molecule has 0 saturated carbocycles. The third-order valence-electron chi connectivity index (χ3n) is 0.728. The van der Waals surface area contributed by atoms with Crippen LogP contribution in [-0.4, -0.2) is 51.8 Å². The zero-order valence-electron chi connectivity index (χ0n) is 9.38. The fraction of sp³-hybridized carbons (Fsp3) is 0.500. The molecule has 0 aromatic rings. The molecule has 0 atom stereocenters. The molecule has 22 heavy (non-hydrogen) atoms.